The maximum Gasteiger partial charge on any atom is 0.254 e. The molecule has 1 aromatic carbocycles. The van der Waals surface area contributed by atoms with Crippen LogP contribution in [0.5, 0.6) is 0 Å². The van der Waals surface area contributed by atoms with Crippen LogP contribution < -0.4 is 4.90 Å². The number of hydrogen-bond donors (Lipinski definition) is 1. The number of fused-ring (bicyclic) bond motifs is 1. The van der Waals surface area contributed by atoms with Crippen LogP contribution in [-0.4, -0.2) is 50.5 Å². The highest BCUT2D eigenvalue weighted by Gasteiger charge is 2.29. The number of anilines is 1. The zero-order chi connectivity index (χ0) is 19.6. The van der Waals surface area contributed by atoms with Crippen LogP contribution in [0.2, 0.25) is 0 Å². The van der Waals surface area contributed by atoms with Gasteiger partial charge in [-0.15, -0.1) is 11.3 Å². The monoisotopic (exact) mass is 407 g/mol. The molecule has 7 nitrogen and oxygen atoms in total. The lowest BCUT2D eigenvalue weighted by Gasteiger charge is -2.38. The molecule has 4 aromatic rings. The van der Waals surface area contributed by atoms with E-state index in [1.165, 1.54) is 6.33 Å². The van der Waals surface area contributed by atoms with E-state index in [1.807, 2.05) is 53.9 Å². The van der Waals surface area contributed by atoms with Crippen molar-refractivity contribution >= 4 is 22.9 Å². The number of ether oxygens (including phenoxy) is 1. The number of aliphatic hydroxyl groups excluding tert-OH is 1. The number of aromatic nitrogens is 4. The van der Waals surface area contributed by atoms with E-state index in [0.29, 0.717) is 25.4 Å². The molecular weight excluding hydrogens is 386 g/mol. The van der Waals surface area contributed by atoms with Crippen molar-refractivity contribution in [1.29, 1.82) is 0 Å². The number of nitrogens with zero attached hydrogens (tertiary/aromatic N) is 5. The normalized spacial score (nSPS) is 18.2. The third kappa shape index (κ3) is 3.62. The molecule has 1 saturated heterocycles. The van der Waals surface area contributed by atoms with E-state index in [1.54, 1.807) is 15.9 Å². The lowest BCUT2D eigenvalue weighted by molar-refractivity contribution is 0.0682. The SMILES string of the molecule is OC(CC1COCCN1c1cc(-c2ccccc2)nc2ncnn12)c1cccs1. The first-order chi connectivity index (χ1) is 14.3. The molecule has 0 bridgehead atoms. The Morgan fingerprint density at radius 1 is 1.21 bits per heavy atom. The number of morpholine rings is 1. The average Bonchev–Trinajstić information content (AvgIpc) is 3.46. The van der Waals surface area contributed by atoms with Crippen LogP contribution in [-0.2, 0) is 4.74 Å². The Morgan fingerprint density at radius 3 is 2.93 bits per heavy atom. The molecule has 2 unspecified atom stereocenters. The summed E-state index contributed by atoms with van der Waals surface area (Å²) in [4.78, 5) is 12.2. The van der Waals surface area contributed by atoms with E-state index in [0.717, 1.165) is 28.5 Å². The molecule has 0 aliphatic carbocycles. The summed E-state index contributed by atoms with van der Waals surface area (Å²) in [5.74, 6) is 1.48. The molecule has 0 saturated carbocycles. The maximum atomic E-state index is 10.7. The van der Waals surface area contributed by atoms with Gasteiger partial charge in [-0.2, -0.15) is 14.6 Å². The van der Waals surface area contributed by atoms with Gasteiger partial charge in [-0.25, -0.2) is 4.98 Å². The third-order valence-corrected chi connectivity index (χ3v) is 6.16. The van der Waals surface area contributed by atoms with Crippen LogP contribution in [0.1, 0.15) is 17.4 Å². The summed E-state index contributed by atoms with van der Waals surface area (Å²) in [6, 6.07) is 16.1. The Bertz CT molecular complexity index is 1080. The molecule has 8 heteroatoms. The molecule has 29 heavy (non-hydrogen) atoms. The zero-order valence-electron chi connectivity index (χ0n) is 15.8. The molecule has 1 fully saturated rings. The first-order valence-electron chi connectivity index (χ1n) is 9.61. The standard InChI is InChI=1S/C21H21N5O2S/c27-18(19-7-4-10-29-19)11-16-13-28-9-8-25(16)20-12-17(15-5-2-1-3-6-15)24-21-22-14-23-26(20)21/h1-7,10,12,14,16,18,27H,8-9,11,13H2. The molecule has 2 atom stereocenters. The number of hydrogen-bond acceptors (Lipinski definition) is 7. The van der Waals surface area contributed by atoms with Crippen molar-refractivity contribution in [1.82, 2.24) is 19.6 Å². The third-order valence-electron chi connectivity index (χ3n) is 5.19. The Balaban J connectivity index is 1.53. The number of thiophene rings is 1. The maximum absolute atomic E-state index is 10.7. The molecule has 3 aromatic heterocycles. The predicted octanol–water partition coefficient (Wildman–Crippen LogP) is 3.18. The largest absolute Gasteiger partial charge is 0.387 e. The Hall–Kier alpha value is -2.81. The van der Waals surface area contributed by atoms with Gasteiger partial charge in [0.25, 0.3) is 5.78 Å². The molecule has 1 aliphatic rings. The van der Waals surface area contributed by atoms with Crippen LogP contribution >= 0.6 is 11.3 Å². The van der Waals surface area contributed by atoms with E-state index in [4.69, 9.17) is 4.74 Å². The van der Waals surface area contributed by atoms with Gasteiger partial charge in [0.2, 0.25) is 0 Å². The van der Waals surface area contributed by atoms with Crippen molar-refractivity contribution in [2.75, 3.05) is 24.7 Å². The van der Waals surface area contributed by atoms with Gasteiger partial charge < -0.3 is 14.7 Å². The fourth-order valence-electron chi connectivity index (χ4n) is 3.76. The lowest BCUT2D eigenvalue weighted by Crippen LogP contribution is -2.47. The van der Waals surface area contributed by atoms with E-state index >= 15 is 0 Å². The molecule has 4 heterocycles. The fraction of sp³-hybridized carbons (Fsp3) is 0.286. The Morgan fingerprint density at radius 2 is 2.10 bits per heavy atom. The van der Waals surface area contributed by atoms with Gasteiger partial charge in [0.15, 0.2) is 0 Å². The minimum atomic E-state index is -0.522. The van der Waals surface area contributed by atoms with Crippen molar-refractivity contribution in [3.05, 3.63) is 65.1 Å². The van der Waals surface area contributed by atoms with Gasteiger partial charge in [0.05, 0.1) is 31.1 Å². The summed E-state index contributed by atoms with van der Waals surface area (Å²) >= 11 is 1.57. The van der Waals surface area contributed by atoms with Crippen molar-refractivity contribution in [3.8, 4) is 11.3 Å². The van der Waals surface area contributed by atoms with Crippen LogP contribution in [0.4, 0.5) is 5.82 Å². The quantitative estimate of drug-likeness (QED) is 0.548. The Labute approximate surface area is 172 Å². The molecule has 1 N–H and O–H groups in total. The van der Waals surface area contributed by atoms with Crippen LogP contribution in [0.25, 0.3) is 17.0 Å². The van der Waals surface area contributed by atoms with Gasteiger partial charge in [-0.1, -0.05) is 36.4 Å². The molecule has 0 radical (unpaired) electrons. The molecule has 0 spiro atoms. The smallest absolute Gasteiger partial charge is 0.254 e. The van der Waals surface area contributed by atoms with Crippen LogP contribution in [0.15, 0.2) is 60.2 Å². The van der Waals surface area contributed by atoms with Gasteiger partial charge in [-0.3, -0.25) is 0 Å². The number of aliphatic hydroxyl groups is 1. The lowest BCUT2D eigenvalue weighted by atomic mass is 10.1. The van der Waals surface area contributed by atoms with Crippen LogP contribution in [0, 0.1) is 0 Å². The van der Waals surface area contributed by atoms with E-state index < -0.39 is 6.10 Å². The van der Waals surface area contributed by atoms with Gasteiger partial charge in [-0.05, 0) is 11.4 Å². The van der Waals surface area contributed by atoms with Crippen molar-refractivity contribution in [3.63, 3.8) is 0 Å². The summed E-state index contributed by atoms with van der Waals surface area (Å²) in [6.07, 6.45) is 1.59. The molecule has 148 valence electrons. The number of benzene rings is 1. The summed E-state index contributed by atoms with van der Waals surface area (Å²) in [7, 11) is 0. The van der Waals surface area contributed by atoms with Gasteiger partial charge in [0.1, 0.15) is 12.1 Å². The summed E-state index contributed by atoms with van der Waals surface area (Å²) in [6.45, 7) is 1.90. The second-order valence-corrected chi connectivity index (χ2v) is 8.01. The highest BCUT2D eigenvalue weighted by Crippen LogP contribution is 2.30. The Kier molecular flexibility index (Phi) is 4.97. The summed E-state index contributed by atoms with van der Waals surface area (Å²) in [5.41, 5.74) is 1.88. The highest BCUT2D eigenvalue weighted by atomic mass is 32.1. The molecule has 0 amide bonds. The molecular formula is C21H21N5O2S. The predicted molar refractivity (Wildman–Crippen MR) is 112 cm³/mol. The second-order valence-electron chi connectivity index (χ2n) is 7.03. The second kappa shape index (κ2) is 7.90. The zero-order valence-corrected chi connectivity index (χ0v) is 16.6. The summed E-state index contributed by atoms with van der Waals surface area (Å²) in [5, 5.41) is 17.1. The van der Waals surface area contributed by atoms with Crippen molar-refractivity contribution in [2.45, 2.75) is 18.6 Å². The minimum Gasteiger partial charge on any atom is -0.387 e. The van der Waals surface area contributed by atoms with Crippen LogP contribution in [0.3, 0.4) is 0 Å². The molecule has 5 rings (SSSR count). The average molecular weight is 407 g/mol. The minimum absolute atomic E-state index is 0.0271. The molecule has 1 aliphatic heterocycles. The highest BCUT2D eigenvalue weighted by molar-refractivity contribution is 7.10. The first-order valence-corrected chi connectivity index (χ1v) is 10.5. The summed E-state index contributed by atoms with van der Waals surface area (Å²) < 4.78 is 7.52. The number of rotatable bonds is 5. The fourth-order valence-corrected chi connectivity index (χ4v) is 4.49. The van der Waals surface area contributed by atoms with Gasteiger partial charge in [0, 0.05) is 29.5 Å². The van der Waals surface area contributed by atoms with E-state index in [9.17, 15) is 5.11 Å². The van der Waals surface area contributed by atoms with E-state index in [2.05, 4.69) is 20.0 Å². The van der Waals surface area contributed by atoms with Crippen molar-refractivity contribution < 1.29 is 9.84 Å². The van der Waals surface area contributed by atoms with E-state index in [-0.39, 0.29) is 6.04 Å². The van der Waals surface area contributed by atoms with Crippen molar-refractivity contribution in [2.24, 2.45) is 0 Å². The first kappa shape index (κ1) is 18.2. The topological polar surface area (TPSA) is 75.8 Å². The van der Waals surface area contributed by atoms with Gasteiger partial charge >= 0.3 is 0 Å².